The van der Waals surface area contributed by atoms with Gasteiger partial charge in [0.25, 0.3) is 0 Å². The van der Waals surface area contributed by atoms with Crippen LogP contribution in [0.1, 0.15) is 11.6 Å². The van der Waals surface area contributed by atoms with Crippen molar-refractivity contribution in [3.63, 3.8) is 0 Å². The van der Waals surface area contributed by atoms with Crippen LogP contribution < -0.4 is 0 Å². The minimum absolute atomic E-state index is 0.184. The number of carbonyl (C=O) groups excluding carboxylic acids is 1. The van der Waals surface area contributed by atoms with Crippen molar-refractivity contribution in [2.45, 2.75) is 12.1 Å². The van der Waals surface area contributed by atoms with Crippen molar-refractivity contribution in [1.29, 1.82) is 0 Å². The number of nitrogens with zero attached hydrogens (tertiary/aromatic N) is 1. The van der Waals surface area contributed by atoms with Crippen LogP contribution in [-0.2, 0) is 14.3 Å². The maximum absolute atomic E-state index is 11.6. The Labute approximate surface area is 98.6 Å². The van der Waals surface area contributed by atoms with Gasteiger partial charge in [0, 0.05) is 7.05 Å². The summed E-state index contributed by atoms with van der Waals surface area (Å²) < 4.78 is 5.10. The molecule has 1 aromatic rings. The average Bonchev–Trinajstić information content (AvgIpc) is 2.33. The third-order valence-corrected chi connectivity index (χ3v) is 2.87. The first-order valence-corrected chi connectivity index (χ1v) is 5.26. The van der Waals surface area contributed by atoms with Crippen LogP contribution in [0.5, 0.6) is 0 Å². The monoisotopic (exact) mass is 235 g/mol. The summed E-state index contributed by atoms with van der Waals surface area (Å²) in [7, 11) is 1.60. The molecule has 1 saturated heterocycles. The van der Waals surface area contributed by atoms with Crippen LogP contribution >= 0.6 is 0 Å². The summed E-state index contributed by atoms with van der Waals surface area (Å²) in [6.07, 6.45) is -1.01. The van der Waals surface area contributed by atoms with E-state index in [4.69, 9.17) is 9.84 Å². The molecule has 1 amide bonds. The number of carbonyl (C=O) groups is 2. The first-order valence-electron chi connectivity index (χ1n) is 5.26. The van der Waals surface area contributed by atoms with E-state index in [-0.39, 0.29) is 12.5 Å². The van der Waals surface area contributed by atoms with Crippen LogP contribution in [0, 0.1) is 0 Å². The summed E-state index contributed by atoms with van der Waals surface area (Å²) in [5.41, 5.74) is 0.760. The van der Waals surface area contributed by atoms with E-state index < -0.39 is 18.1 Å². The Morgan fingerprint density at radius 3 is 2.65 bits per heavy atom. The number of rotatable bonds is 2. The highest BCUT2D eigenvalue weighted by Gasteiger charge is 2.39. The van der Waals surface area contributed by atoms with Crippen molar-refractivity contribution in [3.8, 4) is 0 Å². The summed E-state index contributed by atoms with van der Waals surface area (Å²) in [6, 6.07) is 8.46. The van der Waals surface area contributed by atoms with E-state index in [9.17, 15) is 9.59 Å². The largest absolute Gasteiger partial charge is 0.479 e. The lowest BCUT2D eigenvalue weighted by Gasteiger charge is -2.37. The number of aliphatic carboxylic acids is 1. The molecular formula is C12H13NO4. The Bertz CT molecular complexity index is 431. The van der Waals surface area contributed by atoms with Crippen LogP contribution in [0.4, 0.5) is 0 Å². The van der Waals surface area contributed by atoms with Crippen LogP contribution in [-0.4, -0.2) is 41.6 Å². The molecule has 17 heavy (non-hydrogen) atoms. The zero-order chi connectivity index (χ0) is 12.4. The van der Waals surface area contributed by atoms with Gasteiger partial charge in [0.1, 0.15) is 6.61 Å². The molecule has 0 radical (unpaired) electrons. The van der Waals surface area contributed by atoms with Gasteiger partial charge in [-0.25, -0.2) is 4.79 Å². The maximum atomic E-state index is 11.6. The molecular weight excluding hydrogens is 222 g/mol. The fraction of sp³-hybridized carbons (Fsp3) is 0.333. The topological polar surface area (TPSA) is 66.8 Å². The molecule has 90 valence electrons. The van der Waals surface area contributed by atoms with Crippen molar-refractivity contribution < 1.29 is 19.4 Å². The molecule has 0 aromatic heterocycles. The smallest absolute Gasteiger partial charge is 0.335 e. The molecule has 2 atom stereocenters. The van der Waals surface area contributed by atoms with Gasteiger partial charge in [0.2, 0.25) is 5.91 Å². The Balaban J connectivity index is 2.37. The van der Waals surface area contributed by atoms with Gasteiger partial charge in [-0.2, -0.15) is 0 Å². The molecule has 5 heteroatoms. The highest BCUT2D eigenvalue weighted by atomic mass is 16.5. The van der Waals surface area contributed by atoms with Crippen LogP contribution in [0.3, 0.4) is 0 Å². The number of carboxylic acid groups (broad SMARTS) is 1. The quantitative estimate of drug-likeness (QED) is 0.818. The molecule has 0 spiro atoms. The van der Waals surface area contributed by atoms with E-state index in [1.807, 2.05) is 6.07 Å². The van der Waals surface area contributed by atoms with Crippen LogP contribution in [0.25, 0.3) is 0 Å². The van der Waals surface area contributed by atoms with Gasteiger partial charge in [-0.15, -0.1) is 0 Å². The number of likely N-dealkylation sites (N-methyl/N-ethyl adjacent to an activating group) is 1. The minimum atomic E-state index is -1.06. The second-order valence-electron chi connectivity index (χ2n) is 3.93. The Morgan fingerprint density at radius 2 is 2.06 bits per heavy atom. The molecule has 2 rings (SSSR count). The van der Waals surface area contributed by atoms with Crippen LogP contribution in [0.2, 0.25) is 0 Å². The van der Waals surface area contributed by atoms with E-state index in [1.54, 1.807) is 31.3 Å². The molecule has 1 aromatic carbocycles. The lowest BCUT2D eigenvalue weighted by Crippen LogP contribution is -2.50. The number of benzene rings is 1. The summed E-state index contributed by atoms with van der Waals surface area (Å²) >= 11 is 0. The molecule has 1 fully saturated rings. The minimum Gasteiger partial charge on any atom is -0.479 e. The SMILES string of the molecule is CN1C(=O)CO[C@@H](C(=O)O)[C@H]1c1ccccc1. The summed E-state index contributed by atoms with van der Waals surface area (Å²) in [4.78, 5) is 24.1. The normalized spacial score (nSPS) is 24.8. The predicted molar refractivity (Wildman–Crippen MR) is 59.3 cm³/mol. The highest BCUT2D eigenvalue weighted by Crippen LogP contribution is 2.28. The zero-order valence-corrected chi connectivity index (χ0v) is 9.37. The second kappa shape index (κ2) is 4.55. The third-order valence-electron chi connectivity index (χ3n) is 2.87. The average molecular weight is 235 g/mol. The van der Waals surface area contributed by atoms with E-state index in [0.29, 0.717) is 0 Å². The number of hydrogen-bond acceptors (Lipinski definition) is 3. The van der Waals surface area contributed by atoms with Gasteiger partial charge in [-0.05, 0) is 5.56 Å². The van der Waals surface area contributed by atoms with Gasteiger partial charge < -0.3 is 14.7 Å². The number of morpholine rings is 1. The van der Waals surface area contributed by atoms with Gasteiger partial charge in [-0.3, -0.25) is 4.79 Å². The molecule has 1 aliphatic rings. The van der Waals surface area contributed by atoms with Gasteiger partial charge >= 0.3 is 5.97 Å². The predicted octanol–water partition coefficient (Wildman–Crippen LogP) is 0.669. The fourth-order valence-electron chi connectivity index (χ4n) is 1.97. The zero-order valence-electron chi connectivity index (χ0n) is 9.37. The van der Waals surface area contributed by atoms with E-state index in [1.165, 1.54) is 4.90 Å². The first kappa shape index (κ1) is 11.6. The number of carboxylic acids is 1. The van der Waals surface area contributed by atoms with Gasteiger partial charge in [0.15, 0.2) is 6.10 Å². The first-order chi connectivity index (χ1) is 8.11. The molecule has 1 aliphatic heterocycles. The molecule has 0 unspecified atom stereocenters. The van der Waals surface area contributed by atoms with E-state index >= 15 is 0 Å². The Kier molecular flexibility index (Phi) is 3.10. The maximum Gasteiger partial charge on any atom is 0.335 e. The molecule has 5 nitrogen and oxygen atoms in total. The summed E-state index contributed by atoms with van der Waals surface area (Å²) in [5, 5.41) is 9.11. The Hall–Kier alpha value is -1.88. The lowest BCUT2D eigenvalue weighted by molar-refractivity contribution is -0.171. The van der Waals surface area contributed by atoms with Gasteiger partial charge in [0.05, 0.1) is 6.04 Å². The van der Waals surface area contributed by atoms with Crippen molar-refractivity contribution in [2.24, 2.45) is 0 Å². The Morgan fingerprint density at radius 1 is 1.41 bits per heavy atom. The highest BCUT2D eigenvalue weighted by molar-refractivity contribution is 5.82. The summed E-state index contributed by atoms with van der Waals surface area (Å²) in [5.74, 6) is -1.27. The van der Waals surface area contributed by atoms with Gasteiger partial charge in [-0.1, -0.05) is 30.3 Å². The van der Waals surface area contributed by atoms with E-state index in [0.717, 1.165) is 5.56 Å². The standard InChI is InChI=1S/C12H13NO4/c1-13-9(14)7-17-11(12(15)16)10(13)8-5-3-2-4-6-8/h2-6,10-11H,7H2,1H3,(H,15,16)/t10-,11-/m1/s1. The van der Waals surface area contributed by atoms with Crippen molar-refractivity contribution in [2.75, 3.05) is 13.7 Å². The molecule has 1 heterocycles. The second-order valence-corrected chi connectivity index (χ2v) is 3.93. The third kappa shape index (κ3) is 2.14. The number of ether oxygens (including phenoxy) is 1. The number of hydrogen-bond donors (Lipinski definition) is 1. The summed E-state index contributed by atoms with van der Waals surface area (Å²) in [6.45, 7) is -0.184. The molecule has 0 aliphatic carbocycles. The van der Waals surface area contributed by atoms with Crippen LogP contribution in [0.15, 0.2) is 30.3 Å². The number of amides is 1. The van der Waals surface area contributed by atoms with E-state index in [2.05, 4.69) is 0 Å². The fourth-order valence-corrected chi connectivity index (χ4v) is 1.97. The molecule has 1 N–H and O–H groups in total. The van der Waals surface area contributed by atoms with Crippen molar-refractivity contribution >= 4 is 11.9 Å². The van der Waals surface area contributed by atoms with Crippen molar-refractivity contribution in [3.05, 3.63) is 35.9 Å². The molecule has 0 bridgehead atoms. The molecule has 0 saturated carbocycles. The lowest BCUT2D eigenvalue weighted by atomic mass is 9.98. The van der Waals surface area contributed by atoms with Crippen molar-refractivity contribution in [1.82, 2.24) is 4.90 Å².